The maximum atomic E-state index is 12.3. The zero-order chi connectivity index (χ0) is 13.9. The van der Waals surface area contributed by atoms with E-state index in [4.69, 9.17) is 4.74 Å². The fourth-order valence-electron chi connectivity index (χ4n) is 4.75. The Morgan fingerprint density at radius 2 is 2.00 bits per heavy atom. The standard InChI is InChI=1S/C15H22O4/c1-7-6-10-12(8(2)14(18)19-10)13(17)15(3)9(7)4-5-11(15)16/h7-10,12-13,17H,4-6H2,1-3H3/t7-,8-,9+,10+,12-,13+,15+/m1/s1. The van der Waals surface area contributed by atoms with Crippen LogP contribution in [0.4, 0.5) is 0 Å². The van der Waals surface area contributed by atoms with E-state index in [1.165, 1.54) is 0 Å². The van der Waals surface area contributed by atoms with Gasteiger partial charge in [-0.3, -0.25) is 9.59 Å². The number of rotatable bonds is 0. The van der Waals surface area contributed by atoms with E-state index in [1.807, 2.05) is 13.8 Å². The van der Waals surface area contributed by atoms with E-state index < -0.39 is 11.5 Å². The van der Waals surface area contributed by atoms with Crippen molar-refractivity contribution in [3.8, 4) is 0 Å². The lowest BCUT2D eigenvalue weighted by Gasteiger charge is -2.37. The summed E-state index contributed by atoms with van der Waals surface area (Å²) in [5.74, 6) is -0.0910. The molecule has 19 heavy (non-hydrogen) atoms. The molecule has 1 N–H and O–H groups in total. The van der Waals surface area contributed by atoms with E-state index in [1.54, 1.807) is 0 Å². The lowest BCUT2D eigenvalue weighted by atomic mass is 9.67. The molecule has 0 unspecified atom stereocenters. The van der Waals surface area contributed by atoms with Crippen LogP contribution >= 0.6 is 0 Å². The van der Waals surface area contributed by atoms with Crippen LogP contribution in [-0.4, -0.2) is 29.1 Å². The predicted molar refractivity (Wildman–Crippen MR) is 68.2 cm³/mol. The monoisotopic (exact) mass is 266 g/mol. The zero-order valence-corrected chi connectivity index (χ0v) is 11.8. The molecule has 0 bridgehead atoms. The number of aliphatic hydroxyl groups is 1. The van der Waals surface area contributed by atoms with E-state index >= 15 is 0 Å². The lowest BCUT2D eigenvalue weighted by molar-refractivity contribution is -0.145. The lowest BCUT2D eigenvalue weighted by Crippen LogP contribution is -2.47. The Hall–Kier alpha value is -0.900. The molecule has 4 nitrogen and oxygen atoms in total. The summed E-state index contributed by atoms with van der Waals surface area (Å²) in [5, 5.41) is 10.8. The second kappa shape index (κ2) is 4.05. The Kier molecular flexibility index (Phi) is 2.79. The van der Waals surface area contributed by atoms with E-state index in [2.05, 4.69) is 6.92 Å². The molecule has 3 aliphatic rings. The third-order valence-electron chi connectivity index (χ3n) is 5.97. The van der Waals surface area contributed by atoms with Crippen LogP contribution in [0.3, 0.4) is 0 Å². The highest BCUT2D eigenvalue weighted by Gasteiger charge is 2.61. The molecule has 0 amide bonds. The highest BCUT2D eigenvalue weighted by molar-refractivity contribution is 5.88. The van der Waals surface area contributed by atoms with Crippen molar-refractivity contribution in [1.29, 1.82) is 0 Å². The number of fused-ring (bicyclic) bond motifs is 2. The minimum Gasteiger partial charge on any atom is -0.462 e. The summed E-state index contributed by atoms with van der Waals surface area (Å²) in [7, 11) is 0. The van der Waals surface area contributed by atoms with Crippen molar-refractivity contribution in [1.82, 2.24) is 0 Å². The quantitative estimate of drug-likeness (QED) is 0.676. The highest BCUT2D eigenvalue weighted by Crippen LogP contribution is 2.55. The first-order valence-electron chi connectivity index (χ1n) is 7.29. The number of esters is 1. The molecule has 1 heterocycles. The van der Waals surface area contributed by atoms with Gasteiger partial charge in [0.05, 0.1) is 17.4 Å². The van der Waals surface area contributed by atoms with E-state index in [0.29, 0.717) is 12.3 Å². The minimum atomic E-state index is -0.760. The summed E-state index contributed by atoms with van der Waals surface area (Å²) in [6.45, 7) is 5.82. The molecule has 0 spiro atoms. The van der Waals surface area contributed by atoms with E-state index in [9.17, 15) is 14.7 Å². The van der Waals surface area contributed by atoms with Gasteiger partial charge in [-0.05, 0) is 31.6 Å². The van der Waals surface area contributed by atoms with Crippen LogP contribution in [0, 0.1) is 29.1 Å². The van der Waals surface area contributed by atoms with Crippen molar-refractivity contribution in [3.63, 3.8) is 0 Å². The van der Waals surface area contributed by atoms with Crippen LogP contribution in [0.25, 0.3) is 0 Å². The van der Waals surface area contributed by atoms with E-state index in [0.717, 1.165) is 12.8 Å². The molecule has 0 radical (unpaired) electrons. The molecule has 2 aliphatic carbocycles. The number of aliphatic hydroxyl groups excluding tert-OH is 1. The van der Waals surface area contributed by atoms with Crippen molar-refractivity contribution < 1.29 is 19.4 Å². The summed E-state index contributed by atoms with van der Waals surface area (Å²) >= 11 is 0. The van der Waals surface area contributed by atoms with Gasteiger partial charge in [0.15, 0.2) is 0 Å². The fraction of sp³-hybridized carbons (Fsp3) is 0.867. The maximum Gasteiger partial charge on any atom is 0.309 e. The minimum absolute atomic E-state index is 0.157. The fourth-order valence-corrected chi connectivity index (χ4v) is 4.75. The van der Waals surface area contributed by atoms with Gasteiger partial charge in [-0.25, -0.2) is 0 Å². The Morgan fingerprint density at radius 1 is 1.32 bits per heavy atom. The van der Waals surface area contributed by atoms with Crippen LogP contribution in [0.15, 0.2) is 0 Å². The van der Waals surface area contributed by atoms with Crippen molar-refractivity contribution in [2.24, 2.45) is 29.1 Å². The molecule has 7 atom stereocenters. The number of carbonyl (C=O) groups excluding carboxylic acids is 2. The highest BCUT2D eigenvalue weighted by atomic mass is 16.6. The Balaban J connectivity index is 2.04. The zero-order valence-electron chi connectivity index (χ0n) is 11.8. The Labute approximate surface area is 113 Å². The number of Topliss-reactive ketones (excluding diaryl/α,β-unsaturated/α-hetero) is 1. The molecule has 106 valence electrons. The van der Waals surface area contributed by atoms with Gasteiger partial charge in [-0.1, -0.05) is 13.8 Å². The van der Waals surface area contributed by atoms with Gasteiger partial charge in [0.1, 0.15) is 11.9 Å². The van der Waals surface area contributed by atoms with Crippen molar-refractivity contribution in [2.45, 2.75) is 52.2 Å². The van der Waals surface area contributed by atoms with Gasteiger partial charge in [0.2, 0.25) is 0 Å². The maximum absolute atomic E-state index is 12.3. The van der Waals surface area contributed by atoms with E-state index in [-0.39, 0.29) is 35.6 Å². The topological polar surface area (TPSA) is 63.6 Å². The first kappa shape index (κ1) is 13.1. The molecule has 0 aromatic heterocycles. The average Bonchev–Trinajstić information content (AvgIpc) is 2.77. The Bertz CT molecular complexity index is 432. The molecule has 1 aliphatic heterocycles. The molecule has 4 heteroatoms. The van der Waals surface area contributed by atoms with Gasteiger partial charge >= 0.3 is 5.97 Å². The first-order valence-corrected chi connectivity index (χ1v) is 7.29. The molecular weight excluding hydrogens is 244 g/mol. The van der Waals surface area contributed by atoms with Gasteiger partial charge in [0.25, 0.3) is 0 Å². The van der Waals surface area contributed by atoms with Crippen LogP contribution in [0.5, 0.6) is 0 Å². The first-order chi connectivity index (χ1) is 8.87. The predicted octanol–water partition coefficient (Wildman–Crippen LogP) is 1.55. The van der Waals surface area contributed by atoms with Gasteiger partial charge in [-0.2, -0.15) is 0 Å². The largest absolute Gasteiger partial charge is 0.462 e. The van der Waals surface area contributed by atoms with Crippen LogP contribution < -0.4 is 0 Å². The van der Waals surface area contributed by atoms with Gasteiger partial charge in [-0.15, -0.1) is 0 Å². The number of ketones is 1. The molecule has 3 rings (SSSR count). The molecule has 1 saturated heterocycles. The molecule has 3 fully saturated rings. The normalized spacial score (nSPS) is 53.5. The number of hydrogen-bond acceptors (Lipinski definition) is 4. The second-order valence-electron chi connectivity index (χ2n) is 6.85. The number of carbonyl (C=O) groups is 2. The molecular formula is C15H22O4. The van der Waals surface area contributed by atoms with Crippen LogP contribution in [-0.2, 0) is 14.3 Å². The average molecular weight is 266 g/mol. The number of ether oxygens (including phenoxy) is 1. The summed E-state index contributed by atoms with van der Waals surface area (Å²) in [6, 6.07) is 0. The number of hydrogen-bond donors (Lipinski definition) is 1. The molecule has 2 saturated carbocycles. The van der Waals surface area contributed by atoms with Crippen molar-refractivity contribution in [2.75, 3.05) is 0 Å². The summed E-state index contributed by atoms with van der Waals surface area (Å²) < 4.78 is 5.43. The molecule has 0 aromatic carbocycles. The smallest absolute Gasteiger partial charge is 0.309 e. The second-order valence-corrected chi connectivity index (χ2v) is 6.85. The van der Waals surface area contributed by atoms with Crippen molar-refractivity contribution >= 4 is 11.8 Å². The van der Waals surface area contributed by atoms with Gasteiger partial charge < -0.3 is 9.84 Å². The molecule has 0 aromatic rings. The van der Waals surface area contributed by atoms with Crippen LogP contribution in [0.1, 0.15) is 40.0 Å². The summed E-state index contributed by atoms with van der Waals surface area (Å²) in [6.07, 6.45) is 1.20. The van der Waals surface area contributed by atoms with Gasteiger partial charge in [0, 0.05) is 12.3 Å². The Morgan fingerprint density at radius 3 is 2.68 bits per heavy atom. The third kappa shape index (κ3) is 1.55. The SMILES string of the molecule is C[C@@H]1C[C@@H]2OC(=O)[C@H](C)[C@H]2[C@H](O)[C@]2(C)C(=O)CC[C@@H]12. The summed E-state index contributed by atoms with van der Waals surface area (Å²) in [4.78, 5) is 24.1. The third-order valence-corrected chi connectivity index (χ3v) is 5.97. The van der Waals surface area contributed by atoms with Crippen molar-refractivity contribution in [3.05, 3.63) is 0 Å². The van der Waals surface area contributed by atoms with Crippen LogP contribution in [0.2, 0.25) is 0 Å². The summed E-state index contributed by atoms with van der Waals surface area (Å²) in [5.41, 5.74) is -0.693.